The van der Waals surface area contributed by atoms with Gasteiger partial charge in [0.05, 0.1) is 27.5 Å². The molecule has 5 nitrogen and oxygen atoms in total. The fraction of sp³-hybridized carbons (Fsp3) is 0.100. The predicted octanol–water partition coefficient (Wildman–Crippen LogP) is 5.04. The van der Waals surface area contributed by atoms with Crippen LogP contribution in [0.25, 0.3) is 0 Å². The Morgan fingerprint density at radius 3 is 2.00 bits per heavy atom. The molecule has 0 aliphatic carbocycles. The van der Waals surface area contributed by atoms with Crippen LogP contribution in [0.3, 0.4) is 0 Å². The fourth-order valence-corrected chi connectivity index (χ4v) is 4.53. The highest BCUT2D eigenvalue weighted by Crippen LogP contribution is 2.38. The maximum Gasteiger partial charge on any atom is 0.417 e. The van der Waals surface area contributed by atoms with E-state index in [9.17, 15) is 21.6 Å². The lowest BCUT2D eigenvalue weighted by Gasteiger charge is -2.19. The zero-order chi connectivity index (χ0) is 20.6. The number of anilines is 3. The number of sulfonamides is 1. The minimum absolute atomic E-state index is 0.183. The highest BCUT2D eigenvalue weighted by atomic mass is 32.2. The number of benzene rings is 3. The van der Waals surface area contributed by atoms with Crippen LogP contribution in [0.5, 0.6) is 0 Å². The van der Waals surface area contributed by atoms with Gasteiger partial charge in [0, 0.05) is 5.56 Å². The second-order valence-electron chi connectivity index (χ2n) is 6.45. The van der Waals surface area contributed by atoms with Gasteiger partial charge in [0.25, 0.3) is 10.0 Å². The van der Waals surface area contributed by atoms with Crippen LogP contribution in [-0.2, 0) is 16.2 Å². The van der Waals surface area contributed by atoms with Crippen LogP contribution in [0, 0.1) is 0 Å². The highest BCUT2D eigenvalue weighted by molar-refractivity contribution is 7.92. The molecule has 3 N–H and O–H groups in total. The molecule has 0 saturated carbocycles. The standard InChI is InChI=1S/C20H16F3N3O2S/c21-20(22,23)14-8-2-6-12-18(14)29(27,28)26-15-9-3-1-7-13(15)19-24-16-10-4-5-11-17(16)25-19/h1-12,19,24-26H. The third kappa shape index (κ3) is 3.73. The average Bonchev–Trinajstić information content (AvgIpc) is 3.11. The van der Waals surface area contributed by atoms with Gasteiger partial charge in [0.15, 0.2) is 0 Å². The molecule has 0 unspecified atom stereocenters. The summed E-state index contributed by atoms with van der Waals surface area (Å²) in [6.07, 6.45) is -5.23. The van der Waals surface area contributed by atoms with E-state index in [1.54, 1.807) is 18.2 Å². The molecule has 0 aromatic heterocycles. The summed E-state index contributed by atoms with van der Waals surface area (Å²) in [5.41, 5.74) is 1.21. The molecule has 0 fully saturated rings. The Bertz CT molecular complexity index is 1140. The van der Waals surface area contributed by atoms with Gasteiger partial charge in [-0.15, -0.1) is 0 Å². The third-order valence-electron chi connectivity index (χ3n) is 4.52. The molecule has 3 aromatic rings. The van der Waals surface area contributed by atoms with Crippen LogP contribution in [0.1, 0.15) is 17.3 Å². The molecule has 3 aromatic carbocycles. The van der Waals surface area contributed by atoms with Gasteiger partial charge in [0.2, 0.25) is 0 Å². The van der Waals surface area contributed by atoms with Crippen LogP contribution in [0.15, 0.2) is 77.7 Å². The molecule has 0 radical (unpaired) electrons. The Labute approximate surface area is 165 Å². The first-order valence-corrected chi connectivity index (χ1v) is 10.1. The van der Waals surface area contributed by atoms with Gasteiger partial charge >= 0.3 is 6.18 Å². The summed E-state index contributed by atoms with van der Waals surface area (Å²) < 4.78 is 67.8. The maximum absolute atomic E-state index is 13.3. The Morgan fingerprint density at radius 2 is 1.34 bits per heavy atom. The monoisotopic (exact) mass is 419 g/mol. The number of fused-ring (bicyclic) bond motifs is 1. The van der Waals surface area contributed by atoms with Gasteiger partial charge in [-0.1, -0.05) is 42.5 Å². The molecule has 1 heterocycles. The lowest BCUT2D eigenvalue weighted by Crippen LogP contribution is -2.21. The van der Waals surface area contributed by atoms with Crippen LogP contribution >= 0.6 is 0 Å². The van der Waals surface area contributed by atoms with Crippen molar-refractivity contribution in [2.75, 3.05) is 15.4 Å². The first-order valence-electron chi connectivity index (χ1n) is 8.66. The zero-order valence-corrected chi connectivity index (χ0v) is 15.7. The number of para-hydroxylation sites is 3. The molecule has 1 aliphatic rings. The summed E-state index contributed by atoms with van der Waals surface area (Å²) in [6.45, 7) is 0. The van der Waals surface area contributed by atoms with Crippen molar-refractivity contribution in [2.24, 2.45) is 0 Å². The van der Waals surface area contributed by atoms with E-state index in [1.807, 2.05) is 24.3 Å². The lowest BCUT2D eigenvalue weighted by atomic mass is 10.1. The summed E-state index contributed by atoms with van der Waals surface area (Å²) in [7, 11) is -4.47. The Morgan fingerprint density at radius 1 is 0.793 bits per heavy atom. The van der Waals surface area contributed by atoms with Gasteiger partial charge < -0.3 is 10.6 Å². The second-order valence-corrected chi connectivity index (χ2v) is 8.10. The molecule has 150 valence electrons. The van der Waals surface area contributed by atoms with Crippen molar-refractivity contribution in [3.8, 4) is 0 Å². The maximum atomic E-state index is 13.3. The minimum atomic E-state index is -4.79. The van der Waals surface area contributed by atoms with Crippen molar-refractivity contribution in [2.45, 2.75) is 17.2 Å². The van der Waals surface area contributed by atoms with E-state index in [4.69, 9.17) is 0 Å². The zero-order valence-electron chi connectivity index (χ0n) is 14.9. The molecule has 0 spiro atoms. The summed E-state index contributed by atoms with van der Waals surface area (Å²) in [5.74, 6) is 0. The van der Waals surface area contributed by atoms with Gasteiger partial charge in [-0.2, -0.15) is 13.2 Å². The van der Waals surface area contributed by atoms with Crippen molar-refractivity contribution in [3.05, 3.63) is 83.9 Å². The molecular weight excluding hydrogens is 403 g/mol. The van der Waals surface area contributed by atoms with Gasteiger partial charge in [-0.3, -0.25) is 4.72 Å². The number of rotatable bonds is 4. The van der Waals surface area contributed by atoms with Crippen molar-refractivity contribution in [1.82, 2.24) is 0 Å². The smallest absolute Gasteiger partial charge is 0.360 e. The molecule has 0 atom stereocenters. The molecule has 29 heavy (non-hydrogen) atoms. The average molecular weight is 419 g/mol. The van der Waals surface area contributed by atoms with Crippen LogP contribution in [-0.4, -0.2) is 8.42 Å². The van der Waals surface area contributed by atoms with Gasteiger partial charge in [-0.25, -0.2) is 8.42 Å². The van der Waals surface area contributed by atoms with E-state index in [-0.39, 0.29) is 5.69 Å². The normalized spacial score (nSPS) is 14.0. The fourth-order valence-electron chi connectivity index (χ4n) is 3.21. The van der Waals surface area contributed by atoms with Crippen molar-refractivity contribution in [1.29, 1.82) is 0 Å². The number of nitrogens with one attached hydrogen (secondary N) is 3. The number of halogens is 3. The first kappa shape index (κ1) is 19.1. The largest absolute Gasteiger partial charge is 0.417 e. The highest BCUT2D eigenvalue weighted by Gasteiger charge is 2.37. The van der Waals surface area contributed by atoms with E-state index in [2.05, 4.69) is 15.4 Å². The van der Waals surface area contributed by atoms with E-state index in [1.165, 1.54) is 12.1 Å². The van der Waals surface area contributed by atoms with Crippen LogP contribution < -0.4 is 15.4 Å². The number of alkyl halides is 3. The molecule has 0 saturated heterocycles. The van der Waals surface area contributed by atoms with Crippen LogP contribution in [0.2, 0.25) is 0 Å². The first-order chi connectivity index (χ1) is 13.8. The molecule has 0 amide bonds. The van der Waals surface area contributed by atoms with Gasteiger partial charge in [0.1, 0.15) is 6.17 Å². The Balaban J connectivity index is 1.69. The predicted molar refractivity (Wildman–Crippen MR) is 105 cm³/mol. The van der Waals surface area contributed by atoms with Gasteiger partial charge in [-0.05, 0) is 30.3 Å². The SMILES string of the molecule is O=S(=O)(Nc1ccccc1C1Nc2ccccc2N1)c1ccccc1C(F)(F)F. The summed E-state index contributed by atoms with van der Waals surface area (Å²) >= 11 is 0. The summed E-state index contributed by atoms with van der Waals surface area (Å²) in [4.78, 5) is -0.821. The molecule has 0 bridgehead atoms. The summed E-state index contributed by atoms with van der Waals surface area (Å²) in [5, 5.41) is 6.45. The quantitative estimate of drug-likeness (QED) is 0.554. The van der Waals surface area contributed by atoms with Crippen molar-refractivity contribution < 1.29 is 21.6 Å². The van der Waals surface area contributed by atoms with E-state index in [0.717, 1.165) is 29.6 Å². The topological polar surface area (TPSA) is 70.2 Å². The molecular formula is C20H16F3N3O2S. The Hall–Kier alpha value is -3.20. The number of hydrogen-bond donors (Lipinski definition) is 3. The van der Waals surface area contributed by atoms with Crippen molar-refractivity contribution in [3.63, 3.8) is 0 Å². The van der Waals surface area contributed by atoms with Crippen LogP contribution in [0.4, 0.5) is 30.2 Å². The minimum Gasteiger partial charge on any atom is -0.360 e. The third-order valence-corrected chi connectivity index (χ3v) is 5.95. The van der Waals surface area contributed by atoms with E-state index < -0.39 is 32.8 Å². The molecule has 4 rings (SSSR count). The Kier molecular flexibility index (Phi) is 4.62. The number of hydrogen-bond acceptors (Lipinski definition) is 4. The second kappa shape index (κ2) is 7.00. The van der Waals surface area contributed by atoms with E-state index >= 15 is 0 Å². The lowest BCUT2D eigenvalue weighted by molar-refractivity contribution is -0.139. The molecule has 1 aliphatic heterocycles. The van der Waals surface area contributed by atoms with E-state index in [0.29, 0.717) is 5.56 Å². The molecule has 9 heteroatoms. The summed E-state index contributed by atoms with van der Waals surface area (Å²) in [6, 6.07) is 18.1. The van der Waals surface area contributed by atoms with Crippen molar-refractivity contribution >= 4 is 27.1 Å².